The summed E-state index contributed by atoms with van der Waals surface area (Å²) in [7, 11) is 0. The summed E-state index contributed by atoms with van der Waals surface area (Å²) in [5.74, 6) is -0.986. The van der Waals surface area contributed by atoms with Gasteiger partial charge in [0.15, 0.2) is 0 Å². The van der Waals surface area contributed by atoms with Crippen LogP contribution in [0.15, 0.2) is 11.4 Å². The molecule has 4 heteroatoms. The highest BCUT2D eigenvalue weighted by atomic mass is 32.1. The average Bonchev–Trinajstić information content (AvgIpc) is 1.84. The highest BCUT2D eigenvalue weighted by Crippen LogP contribution is 2.03. The van der Waals surface area contributed by atoms with Crippen LogP contribution in [0.25, 0.3) is 0 Å². The van der Waals surface area contributed by atoms with Gasteiger partial charge in [0.05, 0.1) is 0 Å². The zero-order chi connectivity index (χ0) is 7.44. The number of halogens is 1. The van der Waals surface area contributed by atoms with Crippen LogP contribution in [0.3, 0.4) is 0 Å². The predicted octanol–water partition coefficient (Wildman–Crippen LogP) is 1.21. The number of carbonyl (C=O) groups is 1. The monoisotopic (exact) mass is 149 g/mol. The lowest BCUT2D eigenvalue weighted by atomic mass is 10.3. The van der Waals surface area contributed by atoms with Crippen molar-refractivity contribution in [2.75, 3.05) is 0 Å². The van der Waals surface area contributed by atoms with Gasteiger partial charge in [-0.2, -0.15) is 0 Å². The van der Waals surface area contributed by atoms with Crippen LogP contribution in [-0.4, -0.2) is 5.91 Å². The topological polar surface area (TPSA) is 29.1 Å². The summed E-state index contributed by atoms with van der Waals surface area (Å²) in [5.41, 5.74) is 0.0602. The third kappa shape index (κ3) is 2.51. The minimum Gasteiger partial charge on any atom is -0.299 e. The van der Waals surface area contributed by atoms with Crippen molar-refractivity contribution in [3.8, 4) is 0 Å². The van der Waals surface area contributed by atoms with E-state index < -0.39 is 11.7 Å². The average molecular weight is 149 g/mol. The molecule has 0 aromatic rings. The van der Waals surface area contributed by atoms with Crippen molar-refractivity contribution >= 4 is 18.7 Å². The van der Waals surface area contributed by atoms with Gasteiger partial charge < -0.3 is 0 Å². The van der Waals surface area contributed by atoms with Crippen molar-refractivity contribution in [1.82, 2.24) is 4.72 Å². The lowest BCUT2D eigenvalue weighted by Crippen LogP contribution is -2.13. The molecule has 52 valence electrons. The highest BCUT2D eigenvalue weighted by molar-refractivity contribution is 7.78. The first-order chi connectivity index (χ1) is 4.09. The van der Waals surface area contributed by atoms with E-state index in [1.54, 1.807) is 0 Å². The molecule has 0 fully saturated rings. The van der Waals surface area contributed by atoms with Gasteiger partial charge in [-0.15, -0.1) is 0 Å². The Bertz CT molecular complexity index is 151. The van der Waals surface area contributed by atoms with Crippen molar-refractivity contribution in [1.29, 1.82) is 0 Å². The highest BCUT2D eigenvalue weighted by Gasteiger charge is 2.03. The van der Waals surface area contributed by atoms with Crippen molar-refractivity contribution in [3.63, 3.8) is 0 Å². The van der Waals surface area contributed by atoms with E-state index in [0.717, 1.165) is 0 Å². The van der Waals surface area contributed by atoms with Crippen molar-refractivity contribution in [3.05, 3.63) is 11.4 Å². The van der Waals surface area contributed by atoms with Crippen LogP contribution in [-0.2, 0) is 4.79 Å². The van der Waals surface area contributed by atoms with Gasteiger partial charge in [0, 0.05) is 5.57 Å². The summed E-state index contributed by atoms with van der Waals surface area (Å²) >= 11 is 3.45. The molecule has 0 aromatic heterocycles. The molecule has 0 aliphatic heterocycles. The normalized spacial score (nSPS) is 12.4. The van der Waals surface area contributed by atoms with E-state index in [1.165, 1.54) is 13.8 Å². The molecule has 0 saturated carbocycles. The van der Waals surface area contributed by atoms with Crippen LogP contribution in [0.4, 0.5) is 4.39 Å². The minimum atomic E-state index is -0.502. The maximum atomic E-state index is 12.1. The van der Waals surface area contributed by atoms with E-state index >= 15 is 0 Å². The Labute approximate surface area is 58.7 Å². The molecule has 1 amide bonds. The first kappa shape index (κ1) is 8.49. The number of hydrogen-bond donors (Lipinski definition) is 2. The summed E-state index contributed by atoms with van der Waals surface area (Å²) < 4.78 is 14.1. The molecule has 0 radical (unpaired) electrons. The number of hydrogen-bond acceptors (Lipinski definition) is 2. The summed E-state index contributed by atoms with van der Waals surface area (Å²) in [6, 6.07) is 0. The minimum absolute atomic E-state index is 0.0602. The van der Waals surface area contributed by atoms with Crippen LogP contribution >= 0.6 is 12.8 Å². The van der Waals surface area contributed by atoms with Crippen LogP contribution in [0.1, 0.15) is 13.8 Å². The predicted molar refractivity (Wildman–Crippen MR) is 36.6 cm³/mol. The first-order valence-electron chi connectivity index (χ1n) is 2.37. The number of thiol groups is 1. The molecule has 0 atom stereocenters. The summed E-state index contributed by atoms with van der Waals surface area (Å²) in [5, 5.41) is 0. The second-order valence-corrected chi connectivity index (χ2v) is 1.82. The largest absolute Gasteiger partial charge is 0.299 e. The maximum Gasteiger partial charge on any atom is 0.259 e. The van der Waals surface area contributed by atoms with E-state index in [-0.39, 0.29) is 5.57 Å². The van der Waals surface area contributed by atoms with Crippen LogP contribution < -0.4 is 4.72 Å². The molecule has 0 saturated heterocycles. The van der Waals surface area contributed by atoms with E-state index in [4.69, 9.17) is 0 Å². The van der Waals surface area contributed by atoms with Gasteiger partial charge in [-0.25, -0.2) is 4.39 Å². The number of amides is 1. The molecule has 2 nitrogen and oxygen atoms in total. The molecule has 0 aromatic carbocycles. The van der Waals surface area contributed by atoms with Crippen LogP contribution in [0.2, 0.25) is 0 Å². The van der Waals surface area contributed by atoms with E-state index in [0.29, 0.717) is 0 Å². The Morgan fingerprint density at radius 1 is 1.56 bits per heavy atom. The van der Waals surface area contributed by atoms with Gasteiger partial charge in [-0.05, 0) is 13.8 Å². The fourth-order valence-corrected chi connectivity index (χ4v) is 0.408. The van der Waals surface area contributed by atoms with Gasteiger partial charge in [0.2, 0.25) is 0 Å². The first-order valence-corrected chi connectivity index (χ1v) is 2.81. The molecule has 0 rings (SSSR count). The molecule has 0 bridgehead atoms. The molecular formula is C5H8FNOS. The lowest BCUT2D eigenvalue weighted by Gasteiger charge is -1.96. The Kier molecular flexibility index (Phi) is 3.30. The Hall–Kier alpha value is -0.510. The molecule has 9 heavy (non-hydrogen) atoms. The molecule has 0 aliphatic carbocycles. The summed E-state index contributed by atoms with van der Waals surface area (Å²) in [6.45, 7) is 2.61. The second kappa shape index (κ2) is 3.50. The summed E-state index contributed by atoms with van der Waals surface area (Å²) in [6.07, 6.45) is 0. The van der Waals surface area contributed by atoms with E-state index in [1.807, 2.05) is 4.72 Å². The number of allylic oxidation sites excluding steroid dienone is 1. The number of nitrogens with one attached hydrogen (secondary N) is 1. The smallest absolute Gasteiger partial charge is 0.259 e. The Morgan fingerprint density at radius 3 is 2.11 bits per heavy atom. The fourth-order valence-electron chi connectivity index (χ4n) is 0.240. The fraction of sp³-hybridized carbons (Fsp3) is 0.400. The van der Waals surface area contributed by atoms with Crippen molar-refractivity contribution in [2.24, 2.45) is 0 Å². The Morgan fingerprint density at radius 2 is 2.00 bits per heavy atom. The molecule has 0 unspecified atom stereocenters. The Balaban J connectivity index is 4.21. The van der Waals surface area contributed by atoms with E-state index in [2.05, 4.69) is 12.8 Å². The maximum absolute atomic E-state index is 12.1. The SMILES string of the molecule is CC(F)=C(C)C(=O)NS. The zero-order valence-corrected chi connectivity index (χ0v) is 6.13. The standard InChI is InChI=1S/C5H8FNOS/c1-3(4(2)6)5(8)7-9/h9H,1-2H3,(H,7,8). The van der Waals surface area contributed by atoms with Gasteiger partial charge in [-0.3, -0.25) is 9.52 Å². The molecular weight excluding hydrogens is 141 g/mol. The molecule has 0 spiro atoms. The van der Waals surface area contributed by atoms with Crippen LogP contribution in [0, 0.1) is 0 Å². The van der Waals surface area contributed by atoms with E-state index in [9.17, 15) is 9.18 Å². The van der Waals surface area contributed by atoms with Gasteiger partial charge >= 0.3 is 0 Å². The number of rotatable bonds is 1. The van der Waals surface area contributed by atoms with Gasteiger partial charge in [0.25, 0.3) is 5.91 Å². The van der Waals surface area contributed by atoms with Crippen molar-refractivity contribution < 1.29 is 9.18 Å². The lowest BCUT2D eigenvalue weighted by molar-refractivity contribution is -0.115. The van der Waals surface area contributed by atoms with Crippen molar-refractivity contribution in [2.45, 2.75) is 13.8 Å². The molecule has 0 aliphatic rings. The third-order valence-electron chi connectivity index (χ3n) is 0.959. The number of carbonyl (C=O) groups excluding carboxylic acids is 1. The van der Waals surface area contributed by atoms with Gasteiger partial charge in [0.1, 0.15) is 5.83 Å². The van der Waals surface area contributed by atoms with Gasteiger partial charge in [-0.1, -0.05) is 12.8 Å². The third-order valence-corrected chi connectivity index (χ3v) is 1.16. The zero-order valence-electron chi connectivity index (χ0n) is 5.23. The molecule has 0 heterocycles. The van der Waals surface area contributed by atoms with Crippen LogP contribution in [0.5, 0.6) is 0 Å². The quantitative estimate of drug-likeness (QED) is 0.426. The molecule has 1 N–H and O–H groups in total. The summed E-state index contributed by atoms with van der Waals surface area (Å²) in [4.78, 5) is 10.5. The second-order valence-electron chi connectivity index (χ2n) is 1.60.